The van der Waals surface area contributed by atoms with Crippen molar-refractivity contribution in [3.8, 4) is 5.75 Å². The topological polar surface area (TPSA) is 49.7 Å². The molecule has 2 aromatic carbocycles. The van der Waals surface area contributed by atoms with Crippen LogP contribution < -0.4 is 10.2 Å². The number of ether oxygens (including phenoxy) is 1. The summed E-state index contributed by atoms with van der Waals surface area (Å²) in [6.07, 6.45) is 0. The molecule has 0 spiro atoms. The van der Waals surface area contributed by atoms with Crippen LogP contribution in [0.5, 0.6) is 5.75 Å². The third-order valence-corrected chi connectivity index (χ3v) is 2.83. The van der Waals surface area contributed by atoms with Crippen molar-refractivity contribution in [1.82, 2.24) is 0 Å². The van der Waals surface area contributed by atoms with Crippen LogP contribution in [-0.4, -0.2) is 17.2 Å². The van der Waals surface area contributed by atoms with E-state index in [1.807, 2.05) is 30.3 Å². The van der Waals surface area contributed by atoms with E-state index in [1.54, 1.807) is 13.0 Å². The summed E-state index contributed by atoms with van der Waals surface area (Å²) in [5.41, 5.74) is 1.04. The van der Waals surface area contributed by atoms with Gasteiger partial charge in [0.25, 0.3) is 0 Å². The molecule has 0 bridgehead atoms. The van der Waals surface area contributed by atoms with Gasteiger partial charge >= 0.3 is 7.12 Å². The van der Waals surface area contributed by atoms with Gasteiger partial charge in [0, 0.05) is 0 Å². The Bertz CT molecular complexity index is 558. The molecule has 0 unspecified atom stereocenters. The Hall–Kier alpha value is -1.85. The molecule has 0 aliphatic rings. The third kappa shape index (κ3) is 3.13. The fourth-order valence-corrected chi connectivity index (χ4v) is 1.79. The fourth-order valence-electron chi connectivity index (χ4n) is 1.79. The van der Waals surface area contributed by atoms with Gasteiger partial charge in [-0.3, -0.25) is 0 Å². The Morgan fingerprint density at radius 2 is 1.79 bits per heavy atom. The Balaban J connectivity index is 2.23. The van der Waals surface area contributed by atoms with E-state index in [0.29, 0.717) is 5.56 Å². The van der Waals surface area contributed by atoms with Gasteiger partial charge in [-0.25, -0.2) is 4.39 Å². The fraction of sp³-hybridized carbons (Fsp3) is 0.143. The van der Waals surface area contributed by atoms with E-state index in [-0.39, 0.29) is 17.8 Å². The lowest BCUT2D eigenvalue weighted by atomic mass is 9.78. The summed E-state index contributed by atoms with van der Waals surface area (Å²) in [4.78, 5) is 0. The molecule has 0 aliphatic heterocycles. The average Bonchev–Trinajstić information content (AvgIpc) is 2.41. The second-order valence-electron chi connectivity index (χ2n) is 4.26. The van der Waals surface area contributed by atoms with Crippen LogP contribution in [0.15, 0.2) is 42.5 Å². The van der Waals surface area contributed by atoms with Gasteiger partial charge in [0.15, 0.2) is 0 Å². The summed E-state index contributed by atoms with van der Waals surface area (Å²) < 4.78 is 19.3. The van der Waals surface area contributed by atoms with E-state index < -0.39 is 12.9 Å². The van der Waals surface area contributed by atoms with Crippen molar-refractivity contribution in [3.63, 3.8) is 0 Å². The van der Waals surface area contributed by atoms with Crippen LogP contribution in [0.2, 0.25) is 0 Å². The van der Waals surface area contributed by atoms with Gasteiger partial charge in [-0.15, -0.1) is 0 Å². The second kappa shape index (κ2) is 5.86. The highest BCUT2D eigenvalue weighted by Crippen LogP contribution is 2.16. The van der Waals surface area contributed by atoms with Crippen molar-refractivity contribution in [2.24, 2.45) is 0 Å². The summed E-state index contributed by atoms with van der Waals surface area (Å²) in [6.45, 7) is 1.80. The molecule has 0 radical (unpaired) electrons. The van der Waals surface area contributed by atoms with Crippen molar-refractivity contribution < 1.29 is 19.2 Å². The van der Waals surface area contributed by atoms with Gasteiger partial charge in [-0.1, -0.05) is 36.4 Å². The van der Waals surface area contributed by atoms with Gasteiger partial charge < -0.3 is 14.8 Å². The lowest BCUT2D eigenvalue weighted by Crippen LogP contribution is -2.35. The van der Waals surface area contributed by atoms with Crippen LogP contribution in [0, 0.1) is 12.7 Å². The molecule has 5 heteroatoms. The zero-order valence-electron chi connectivity index (χ0n) is 10.5. The molecule has 0 aliphatic carbocycles. The molecule has 19 heavy (non-hydrogen) atoms. The number of benzene rings is 2. The summed E-state index contributed by atoms with van der Waals surface area (Å²) in [5.74, 6) is -0.512. The molecule has 0 atom stereocenters. The molecule has 0 fully saturated rings. The van der Waals surface area contributed by atoms with E-state index in [0.717, 1.165) is 5.56 Å². The maximum atomic E-state index is 13.8. The maximum Gasteiger partial charge on any atom is 0.495 e. The van der Waals surface area contributed by atoms with E-state index in [9.17, 15) is 14.4 Å². The molecular weight excluding hydrogens is 246 g/mol. The molecule has 98 valence electrons. The first-order valence-corrected chi connectivity index (χ1v) is 5.91. The maximum absolute atomic E-state index is 13.8. The Labute approximate surface area is 111 Å². The number of hydrogen-bond acceptors (Lipinski definition) is 3. The predicted molar refractivity (Wildman–Crippen MR) is 71.7 cm³/mol. The third-order valence-electron chi connectivity index (χ3n) is 2.83. The van der Waals surface area contributed by atoms with Gasteiger partial charge in [-0.2, -0.15) is 0 Å². The second-order valence-corrected chi connectivity index (χ2v) is 4.26. The number of rotatable bonds is 4. The summed E-state index contributed by atoms with van der Waals surface area (Å²) in [7, 11) is -1.90. The summed E-state index contributed by atoms with van der Waals surface area (Å²) >= 11 is 0. The highest BCUT2D eigenvalue weighted by molar-refractivity contribution is 6.59. The van der Waals surface area contributed by atoms with Crippen molar-refractivity contribution in [1.29, 1.82) is 0 Å². The smallest absolute Gasteiger partial charge is 0.489 e. The molecule has 2 rings (SSSR count). The minimum absolute atomic E-state index is 0.141. The normalized spacial score (nSPS) is 10.3. The largest absolute Gasteiger partial charge is 0.495 e. The predicted octanol–water partition coefficient (Wildman–Crippen LogP) is 1.39. The molecule has 0 saturated heterocycles. The molecule has 0 heterocycles. The van der Waals surface area contributed by atoms with E-state index in [4.69, 9.17) is 4.74 Å². The molecule has 2 aromatic rings. The van der Waals surface area contributed by atoms with E-state index in [1.165, 1.54) is 6.07 Å². The summed E-state index contributed by atoms with van der Waals surface area (Å²) in [5, 5.41) is 18.5. The molecule has 0 saturated carbocycles. The zero-order valence-corrected chi connectivity index (χ0v) is 10.5. The Kier molecular flexibility index (Phi) is 4.19. The highest BCUT2D eigenvalue weighted by atomic mass is 19.1. The Morgan fingerprint density at radius 3 is 2.42 bits per heavy atom. The number of hydrogen-bond donors (Lipinski definition) is 2. The first kappa shape index (κ1) is 13.6. The SMILES string of the molecule is Cc1ccc(OCc2ccccc2)c(B(O)O)c1F. The number of halogens is 1. The van der Waals surface area contributed by atoms with Crippen LogP contribution in [0.3, 0.4) is 0 Å². The van der Waals surface area contributed by atoms with Crippen LogP contribution in [0.25, 0.3) is 0 Å². The minimum atomic E-state index is -1.90. The van der Waals surface area contributed by atoms with Gasteiger partial charge in [-0.05, 0) is 24.1 Å². The van der Waals surface area contributed by atoms with Crippen molar-refractivity contribution >= 4 is 12.6 Å². The van der Waals surface area contributed by atoms with E-state index in [2.05, 4.69) is 0 Å². The average molecular weight is 260 g/mol. The van der Waals surface area contributed by atoms with Crippen LogP contribution in [-0.2, 0) is 6.61 Å². The zero-order chi connectivity index (χ0) is 13.8. The van der Waals surface area contributed by atoms with Crippen LogP contribution >= 0.6 is 0 Å². The quantitative estimate of drug-likeness (QED) is 0.817. The monoisotopic (exact) mass is 260 g/mol. The van der Waals surface area contributed by atoms with Gasteiger partial charge in [0.05, 0.1) is 5.46 Å². The van der Waals surface area contributed by atoms with Crippen molar-refractivity contribution in [2.75, 3.05) is 0 Å². The lowest BCUT2D eigenvalue weighted by molar-refractivity contribution is 0.305. The molecule has 0 amide bonds. The lowest BCUT2D eigenvalue weighted by Gasteiger charge is -2.13. The number of aryl methyl sites for hydroxylation is 1. The molecule has 3 nitrogen and oxygen atoms in total. The van der Waals surface area contributed by atoms with Gasteiger partial charge in [0.2, 0.25) is 0 Å². The first-order chi connectivity index (χ1) is 9.09. The highest BCUT2D eigenvalue weighted by Gasteiger charge is 2.23. The van der Waals surface area contributed by atoms with Crippen molar-refractivity contribution in [2.45, 2.75) is 13.5 Å². The van der Waals surface area contributed by atoms with E-state index >= 15 is 0 Å². The van der Waals surface area contributed by atoms with Crippen molar-refractivity contribution in [3.05, 3.63) is 59.4 Å². The first-order valence-electron chi connectivity index (χ1n) is 5.91. The molecule has 2 N–H and O–H groups in total. The minimum Gasteiger partial charge on any atom is -0.489 e. The standard InChI is InChI=1S/C14H14BFO3/c1-10-7-8-12(13(14(10)16)15(17)18)19-9-11-5-3-2-4-6-11/h2-8,17-18H,9H2,1H3. The molecule has 0 aromatic heterocycles. The van der Waals surface area contributed by atoms with Crippen LogP contribution in [0.1, 0.15) is 11.1 Å². The van der Waals surface area contributed by atoms with Gasteiger partial charge in [0.1, 0.15) is 18.2 Å². The van der Waals surface area contributed by atoms with Crippen LogP contribution in [0.4, 0.5) is 4.39 Å². The molecular formula is C14H14BFO3. The Morgan fingerprint density at radius 1 is 1.11 bits per heavy atom. The summed E-state index contributed by atoms with van der Waals surface area (Å²) in [6, 6.07) is 12.5.